The fourth-order valence-corrected chi connectivity index (χ4v) is 4.41. The third-order valence-electron chi connectivity index (χ3n) is 6.52. The molecule has 5 rings (SSSR count). The number of aromatic nitrogens is 1. The van der Waals surface area contributed by atoms with Crippen molar-refractivity contribution in [3.8, 4) is 17.0 Å². The molecule has 0 bridgehead atoms. The van der Waals surface area contributed by atoms with Gasteiger partial charge in [-0.3, -0.25) is 0 Å². The quantitative estimate of drug-likeness (QED) is 0.495. The topological polar surface area (TPSA) is 55.3 Å². The van der Waals surface area contributed by atoms with Gasteiger partial charge in [0.1, 0.15) is 5.75 Å². The number of carbonyl (C=O) groups excluding carboxylic acids is 1. The van der Waals surface area contributed by atoms with Crippen LogP contribution in [0.3, 0.4) is 0 Å². The van der Waals surface area contributed by atoms with E-state index in [2.05, 4.69) is 15.2 Å². The second kappa shape index (κ2) is 8.25. The number of nitrogens with one attached hydrogen (secondary N) is 2. The van der Waals surface area contributed by atoms with Gasteiger partial charge in [-0.2, -0.15) is 0 Å². The minimum absolute atomic E-state index is 0.185. The van der Waals surface area contributed by atoms with Gasteiger partial charge in [-0.1, -0.05) is 12.1 Å². The van der Waals surface area contributed by atoms with Crippen LogP contribution in [0.4, 0.5) is 14.9 Å². The highest BCUT2D eigenvalue weighted by molar-refractivity contribution is 5.91. The molecule has 0 radical (unpaired) electrons. The molecule has 162 valence electrons. The maximum absolute atomic E-state index is 15.6. The van der Waals surface area contributed by atoms with Crippen LogP contribution >= 0.6 is 0 Å². The van der Waals surface area contributed by atoms with E-state index in [1.165, 1.54) is 6.42 Å². The number of rotatable bonds is 6. The number of halogens is 1. The summed E-state index contributed by atoms with van der Waals surface area (Å²) in [7, 11) is 0. The van der Waals surface area contributed by atoms with Crippen LogP contribution in [-0.4, -0.2) is 23.2 Å². The van der Waals surface area contributed by atoms with E-state index in [9.17, 15) is 4.79 Å². The molecule has 2 N–H and O–H groups in total. The highest BCUT2D eigenvalue weighted by Crippen LogP contribution is 2.42. The monoisotopic (exact) mass is 421 g/mol. The summed E-state index contributed by atoms with van der Waals surface area (Å²) in [5, 5.41) is 6.46. The maximum Gasteiger partial charge on any atom is 0.319 e. The summed E-state index contributed by atoms with van der Waals surface area (Å²) in [6.07, 6.45) is 6.53. The van der Waals surface area contributed by atoms with E-state index < -0.39 is 0 Å². The van der Waals surface area contributed by atoms with Crippen LogP contribution in [-0.2, 0) is 0 Å². The molecule has 1 aromatic heterocycles. The van der Waals surface area contributed by atoms with Gasteiger partial charge in [0.25, 0.3) is 0 Å². The number of amides is 2. The molecule has 0 unspecified atom stereocenters. The average molecular weight is 422 g/mol. The van der Waals surface area contributed by atoms with Crippen molar-refractivity contribution >= 4 is 22.6 Å². The molecule has 2 aliphatic rings. The number of carbonyl (C=O) groups is 1. The third-order valence-corrected chi connectivity index (χ3v) is 6.52. The first-order valence-corrected chi connectivity index (χ1v) is 11.3. The van der Waals surface area contributed by atoms with E-state index in [-0.39, 0.29) is 17.9 Å². The zero-order chi connectivity index (χ0) is 21.4. The Labute approximate surface area is 181 Å². The zero-order valence-corrected chi connectivity index (χ0v) is 17.8. The molecule has 2 aliphatic carbocycles. The summed E-state index contributed by atoms with van der Waals surface area (Å²) in [6.45, 7) is 2.52. The standard InChI is InChI=1S/C25H28FN3O2/c1-2-31-20-13-14-21-22(15-20)29(19-7-4-8-19)24(23(21)26)16-9-11-18(12-10-16)28-25(30)27-17-5-3-6-17/h9-15,17,19H,2-8H2,1H3,(H2,27,28,30). The second-order valence-electron chi connectivity index (χ2n) is 8.53. The number of fused-ring (bicyclic) bond motifs is 1. The maximum atomic E-state index is 15.6. The third kappa shape index (κ3) is 3.75. The molecule has 1 heterocycles. The predicted molar refractivity (Wildman–Crippen MR) is 121 cm³/mol. The Morgan fingerprint density at radius 2 is 1.84 bits per heavy atom. The van der Waals surface area contributed by atoms with Gasteiger partial charge in [-0.25, -0.2) is 9.18 Å². The molecule has 0 saturated heterocycles. The van der Waals surface area contributed by atoms with E-state index in [0.29, 0.717) is 29.4 Å². The van der Waals surface area contributed by atoms with Crippen molar-refractivity contribution in [1.82, 2.24) is 9.88 Å². The first-order valence-electron chi connectivity index (χ1n) is 11.3. The predicted octanol–water partition coefficient (Wildman–Crippen LogP) is 6.25. The zero-order valence-electron chi connectivity index (χ0n) is 17.8. The molecule has 0 aliphatic heterocycles. The van der Waals surface area contributed by atoms with Gasteiger partial charge in [0.15, 0.2) is 5.82 Å². The Hall–Kier alpha value is -3.02. The lowest BCUT2D eigenvalue weighted by Crippen LogP contribution is -2.41. The number of hydrogen-bond donors (Lipinski definition) is 2. The van der Waals surface area contributed by atoms with Gasteiger partial charge in [-0.05, 0) is 69.7 Å². The molecule has 2 amide bonds. The van der Waals surface area contributed by atoms with Crippen molar-refractivity contribution < 1.29 is 13.9 Å². The number of nitrogens with zero attached hydrogens (tertiary/aromatic N) is 1. The summed E-state index contributed by atoms with van der Waals surface area (Å²) in [4.78, 5) is 12.1. The lowest BCUT2D eigenvalue weighted by atomic mass is 9.92. The molecule has 2 fully saturated rings. The molecule has 0 atom stereocenters. The Morgan fingerprint density at radius 3 is 2.45 bits per heavy atom. The average Bonchev–Trinajstić information content (AvgIpc) is 2.97. The van der Waals surface area contributed by atoms with Crippen molar-refractivity contribution in [2.45, 2.75) is 57.5 Å². The lowest BCUT2D eigenvalue weighted by Gasteiger charge is -2.30. The molecule has 2 aromatic carbocycles. The van der Waals surface area contributed by atoms with Crippen molar-refractivity contribution in [3.05, 3.63) is 48.3 Å². The normalized spacial score (nSPS) is 16.6. The smallest absolute Gasteiger partial charge is 0.319 e. The van der Waals surface area contributed by atoms with Crippen molar-refractivity contribution in [2.24, 2.45) is 0 Å². The Balaban J connectivity index is 1.47. The summed E-state index contributed by atoms with van der Waals surface area (Å²) in [5.41, 5.74) is 3.00. The lowest BCUT2D eigenvalue weighted by molar-refractivity contribution is 0.240. The van der Waals surface area contributed by atoms with Gasteiger partial charge in [-0.15, -0.1) is 0 Å². The van der Waals surface area contributed by atoms with Crippen LogP contribution in [0.25, 0.3) is 22.2 Å². The summed E-state index contributed by atoms with van der Waals surface area (Å²) < 4.78 is 23.4. The molecule has 31 heavy (non-hydrogen) atoms. The first kappa shape index (κ1) is 19.9. The van der Waals surface area contributed by atoms with Crippen molar-refractivity contribution in [3.63, 3.8) is 0 Å². The van der Waals surface area contributed by atoms with E-state index in [0.717, 1.165) is 48.9 Å². The van der Waals surface area contributed by atoms with Crippen LogP contribution in [0.1, 0.15) is 51.5 Å². The number of hydrogen-bond acceptors (Lipinski definition) is 2. The second-order valence-corrected chi connectivity index (χ2v) is 8.53. The Morgan fingerprint density at radius 1 is 1.10 bits per heavy atom. The fourth-order valence-electron chi connectivity index (χ4n) is 4.41. The Bertz CT molecular complexity index is 1100. The summed E-state index contributed by atoms with van der Waals surface area (Å²) >= 11 is 0. The highest BCUT2D eigenvalue weighted by Gasteiger charge is 2.28. The minimum Gasteiger partial charge on any atom is -0.494 e. The number of ether oxygens (including phenoxy) is 1. The van der Waals surface area contributed by atoms with Gasteiger partial charge in [0.05, 0.1) is 17.8 Å². The van der Waals surface area contributed by atoms with Crippen LogP contribution in [0.15, 0.2) is 42.5 Å². The first-order chi connectivity index (χ1) is 15.1. The van der Waals surface area contributed by atoms with Crippen LogP contribution in [0.2, 0.25) is 0 Å². The fraction of sp³-hybridized carbons (Fsp3) is 0.400. The van der Waals surface area contributed by atoms with E-state index in [1.54, 1.807) is 0 Å². The van der Waals surface area contributed by atoms with Gasteiger partial charge >= 0.3 is 6.03 Å². The molecule has 0 spiro atoms. The number of benzene rings is 2. The summed E-state index contributed by atoms with van der Waals surface area (Å²) in [6, 6.07) is 13.4. The SMILES string of the molecule is CCOc1ccc2c(F)c(-c3ccc(NC(=O)NC4CCC4)cc3)n(C3CCC3)c2c1. The summed E-state index contributed by atoms with van der Waals surface area (Å²) in [5.74, 6) is 0.560. The molecule has 3 aromatic rings. The highest BCUT2D eigenvalue weighted by atomic mass is 19.1. The van der Waals surface area contributed by atoms with Gasteiger partial charge < -0.3 is 19.9 Å². The van der Waals surface area contributed by atoms with Crippen LogP contribution in [0.5, 0.6) is 5.75 Å². The number of anilines is 1. The van der Waals surface area contributed by atoms with Crippen molar-refractivity contribution in [2.75, 3.05) is 11.9 Å². The minimum atomic E-state index is -0.201. The molecule has 5 nitrogen and oxygen atoms in total. The van der Waals surface area contributed by atoms with Gasteiger partial charge in [0, 0.05) is 34.8 Å². The van der Waals surface area contributed by atoms with Crippen molar-refractivity contribution in [1.29, 1.82) is 0 Å². The van der Waals surface area contributed by atoms with Crippen LogP contribution in [0, 0.1) is 5.82 Å². The Kier molecular flexibility index (Phi) is 5.30. The molecular weight excluding hydrogens is 393 g/mol. The van der Waals surface area contributed by atoms with E-state index in [4.69, 9.17) is 4.74 Å². The van der Waals surface area contributed by atoms with E-state index >= 15 is 4.39 Å². The molecular formula is C25H28FN3O2. The van der Waals surface area contributed by atoms with E-state index in [1.807, 2.05) is 49.4 Å². The van der Waals surface area contributed by atoms with Gasteiger partial charge in [0.2, 0.25) is 0 Å². The molecule has 6 heteroatoms. The van der Waals surface area contributed by atoms with Crippen LogP contribution < -0.4 is 15.4 Å². The largest absolute Gasteiger partial charge is 0.494 e. The molecule has 2 saturated carbocycles. The number of urea groups is 1.